The van der Waals surface area contributed by atoms with E-state index < -0.39 is 0 Å². The fraction of sp³-hybridized carbons (Fsp3) is 0.636. The van der Waals surface area contributed by atoms with Gasteiger partial charge < -0.3 is 20.6 Å². The molecule has 0 aliphatic heterocycles. The highest BCUT2D eigenvalue weighted by atomic mass is 79.9. The van der Waals surface area contributed by atoms with E-state index in [0.717, 1.165) is 5.76 Å². The quantitative estimate of drug-likeness (QED) is 0.747. The Morgan fingerprint density at radius 2 is 2.19 bits per heavy atom. The van der Waals surface area contributed by atoms with E-state index in [2.05, 4.69) is 21.2 Å². The van der Waals surface area contributed by atoms with Gasteiger partial charge in [-0.15, -0.1) is 0 Å². The van der Waals surface area contributed by atoms with Crippen LogP contribution >= 0.6 is 15.9 Å². The van der Waals surface area contributed by atoms with Gasteiger partial charge in [-0.3, -0.25) is 0 Å². The molecule has 0 bridgehead atoms. The number of rotatable bonds is 6. The zero-order valence-electron chi connectivity index (χ0n) is 9.61. The number of hydrogen-bond donors (Lipinski definition) is 3. The van der Waals surface area contributed by atoms with Crippen molar-refractivity contribution in [2.24, 2.45) is 5.73 Å². The van der Waals surface area contributed by atoms with Crippen LogP contribution < -0.4 is 11.1 Å². The molecule has 1 aromatic rings. The summed E-state index contributed by atoms with van der Waals surface area (Å²) in [4.78, 5) is 0. The largest absolute Gasteiger partial charge is 0.453 e. The fourth-order valence-corrected chi connectivity index (χ4v) is 2.02. The number of nitrogens with two attached hydrogens (primary N) is 1. The zero-order chi connectivity index (χ0) is 12.1. The second-order valence-corrected chi connectivity index (χ2v) is 4.86. The van der Waals surface area contributed by atoms with Crippen LogP contribution in [0.15, 0.2) is 21.2 Å². The fourth-order valence-electron chi connectivity index (χ4n) is 1.71. The van der Waals surface area contributed by atoms with E-state index in [-0.39, 0.29) is 18.2 Å². The zero-order valence-corrected chi connectivity index (χ0v) is 11.2. The lowest BCUT2D eigenvalue weighted by atomic mass is 10.1. The molecule has 3 unspecified atom stereocenters. The van der Waals surface area contributed by atoms with Crippen molar-refractivity contribution < 1.29 is 9.52 Å². The smallest absolute Gasteiger partial charge is 0.169 e. The first kappa shape index (κ1) is 13.7. The first-order valence-electron chi connectivity index (χ1n) is 5.42. The third-order valence-corrected chi connectivity index (χ3v) is 2.78. The van der Waals surface area contributed by atoms with Crippen molar-refractivity contribution in [3.8, 4) is 0 Å². The van der Waals surface area contributed by atoms with E-state index in [4.69, 9.17) is 10.2 Å². The molecule has 0 saturated heterocycles. The van der Waals surface area contributed by atoms with Gasteiger partial charge in [0, 0.05) is 12.6 Å². The number of furan rings is 1. The molecule has 4 nitrogen and oxygen atoms in total. The molecule has 16 heavy (non-hydrogen) atoms. The Labute approximate surface area is 104 Å². The van der Waals surface area contributed by atoms with Crippen LogP contribution in [0.2, 0.25) is 0 Å². The Balaban J connectivity index is 2.55. The average molecular weight is 291 g/mol. The van der Waals surface area contributed by atoms with Crippen molar-refractivity contribution in [3.05, 3.63) is 22.6 Å². The topological polar surface area (TPSA) is 71.4 Å². The van der Waals surface area contributed by atoms with Crippen LogP contribution in [0, 0.1) is 0 Å². The maximum Gasteiger partial charge on any atom is 0.169 e. The van der Waals surface area contributed by atoms with Gasteiger partial charge in [-0.2, -0.15) is 0 Å². The van der Waals surface area contributed by atoms with E-state index in [1.165, 1.54) is 0 Å². The Morgan fingerprint density at radius 1 is 1.50 bits per heavy atom. The minimum absolute atomic E-state index is 0.0138. The summed E-state index contributed by atoms with van der Waals surface area (Å²) in [5.41, 5.74) is 5.69. The summed E-state index contributed by atoms with van der Waals surface area (Å²) in [5.74, 6) is 0.812. The Bertz CT molecular complexity index is 315. The molecule has 0 amide bonds. The summed E-state index contributed by atoms with van der Waals surface area (Å²) in [6.45, 7) is 4.26. The van der Waals surface area contributed by atoms with Gasteiger partial charge in [0.25, 0.3) is 0 Å². The van der Waals surface area contributed by atoms with Crippen LogP contribution in [-0.2, 0) is 0 Å². The minimum Gasteiger partial charge on any atom is -0.453 e. The molecule has 0 aromatic carbocycles. The SMILES string of the molecule is CC(O)CC(C)NC(CN)c1ccc(Br)o1. The second-order valence-electron chi connectivity index (χ2n) is 4.08. The molecule has 3 atom stereocenters. The lowest BCUT2D eigenvalue weighted by Gasteiger charge is -2.21. The molecule has 1 aromatic heterocycles. The summed E-state index contributed by atoms with van der Waals surface area (Å²) in [6, 6.07) is 3.92. The van der Waals surface area contributed by atoms with Crippen molar-refractivity contribution >= 4 is 15.9 Å². The minimum atomic E-state index is -0.315. The van der Waals surface area contributed by atoms with Gasteiger partial charge >= 0.3 is 0 Å². The maximum absolute atomic E-state index is 9.28. The third-order valence-electron chi connectivity index (χ3n) is 2.35. The average Bonchev–Trinajstić information content (AvgIpc) is 2.60. The van der Waals surface area contributed by atoms with Crippen molar-refractivity contribution in [2.45, 2.75) is 38.5 Å². The van der Waals surface area contributed by atoms with E-state index >= 15 is 0 Å². The predicted molar refractivity (Wildman–Crippen MR) is 67.1 cm³/mol. The van der Waals surface area contributed by atoms with Gasteiger partial charge in [0.05, 0.1) is 12.1 Å². The van der Waals surface area contributed by atoms with Crippen molar-refractivity contribution in [2.75, 3.05) is 6.54 Å². The molecule has 0 saturated carbocycles. The van der Waals surface area contributed by atoms with Gasteiger partial charge in [0.1, 0.15) is 5.76 Å². The van der Waals surface area contributed by atoms with Gasteiger partial charge in [-0.25, -0.2) is 0 Å². The van der Waals surface area contributed by atoms with E-state index in [1.54, 1.807) is 6.92 Å². The van der Waals surface area contributed by atoms with Gasteiger partial charge in [-0.05, 0) is 48.3 Å². The molecule has 5 heteroatoms. The number of aliphatic hydroxyl groups excluding tert-OH is 1. The number of halogens is 1. The molecule has 4 N–H and O–H groups in total. The normalized spacial score (nSPS) is 17.1. The van der Waals surface area contributed by atoms with E-state index in [0.29, 0.717) is 17.6 Å². The molecule has 0 fully saturated rings. The molecule has 0 aliphatic carbocycles. The number of hydrogen-bond acceptors (Lipinski definition) is 4. The highest BCUT2D eigenvalue weighted by Crippen LogP contribution is 2.20. The monoisotopic (exact) mass is 290 g/mol. The predicted octanol–water partition coefficient (Wildman–Crippen LogP) is 1.79. The highest BCUT2D eigenvalue weighted by Gasteiger charge is 2.16. The molecule has 0 spiro atoms. The lowest BCUT2D eigenvalue weighted by molar-refractivity contribution is 0.166. The summed E-state index contributed by atoms with van der Waals surface area (Å²) >= 11 is 3.26. The number of aliphatic hydroxyl groups is 1. The van der Waals surface area contributed by atoms with Crippen LogP contribution in [0.4, 0.5) is 0 Å². The van der Waals surface area contributed by atoms with Crippen LogP contribution in [0.3, 0.4) is 0 Å². The first-order chi connectivity index (χ1) is 7.52. The standard InChI is InChI=1S/C11H19BrN2O2/c1-7(5-8(2)15)14-9(6-13)10-3-4-11(12)16-10/h3-4,7-9,14-15H,5-6,13H2,1-2H3. The Hall–Kier alpha value is -0.360. The molecule has 1 rings (SSSR count). The highest BCUT2D eigenvalue weighted by molar-refractivity contribution is 9.10. The molecule has 1 heterocycles. The summed E-state index contributed by atoms with van der Waals surface area (Å²) in [6.07, 6.45) is 0.377. The second kappa shape index (κ2) is 6.39. The molecular weight excluding hydrogens is 272 g/mol. The first-order valence-corrected chi connectivity index (χ1v) is 6.21. The molecular formula is C11H19BrN2O2. The molecule has 92 valence electrons. The lowest BCUT2D eigenvalue weighted by Crippen LogP contribution is -2.36. The Kier molecular flexibility index (Phi) is 5.48. The van der Waals surface area contributed by atoms with E-state index in [1.807, 2.05) is 19.1 Å². The molecule has 0 aliphatic rings. The summed E-state index contributed by atoms with van der Waals surface area (Å²) in [7, 11) is 0. The van der Waals surface area contributed by atoms with Crippen molar-refractivity contribution in [3.63, 3.8) is 0 Å². The molecule has 0 radical (unpaired) electrons. The van der Waals surface area contributed by atoms with Gasteiger partial charge in [-0.1, -0.05) is 0 Å². The summed E-state index contributed by atoms with van der Waals surface area (Å²) < 4.78 is 6.15. The van der Waals surface area contributed by atoms with Gasteiger partial charge in [0.15, 0.2) is 4.67 Å². The van der Waals surface area contributed by atoms with Gasteiger partial charge in [0.2, 0.25) is 0 Å². The third kappa shape index (κ3) is 4.25. The van der Waals surface area contributed by atoms with Crippen molar-refractivity contribution in [1.29, 1.82) is 0 Å². The van der Waals surface area contributed by atoms with Crippen LogP contribution in [0.5, 0.6) is 0 Å². The Morgan fingerprint density at radius 3 is 2.62 bits per heavy atom. The van der Waals surface area contributed by atoms with Crippen LogP contribution in [0.25, 0.3) is 0 Å². The number of nitrogens with one attached hydrogen (secondary N) is 1. The van der Waals surface area contributed by atoms with Crippen molar-refractivity contribution in [1.82, 2.24) is 5.32 Å². The van der Waals surface area contributed by atoms with Crippen LogP contribution in [0.1, 0.15) is 32.1 Å². The van der Waals surface area contributed by atoms with Crippen LogP contribution in [-0.4, -0.2) is 23.8 Å². The van der Waals surface area contributed by atoms with E-state index in [9.17, 15) is 5.11 Å². The summed E-state index contributed by atoms with van der Waals surface area (Å²) in [5, 5.41) is 12.6. The maximum atomic E-state index is 9.28.